The van der Waals surface area contributed by atoms with Crippen LogP contribution in [-0.2, 0) is 9.53 Å². The summed E-state index contributed by atoms with van der Waals surface area (Å²) in [4.78, 5) is 15.6. The Labute approximate surface area is 152 Å². The van der Waals surface area contributed by atoms with Gasteiger partial charge < -0.3 is 9.64 Å². The van der Waals surface area contributed by atoms with Crippen molar-refractivity contribution in [3.63, 3.8) is 0 Å². The predicted molar refractivity (Wildman–Crippen MR) is 102 cm³/mol. The average Bonchev–Trinajstić information content (AvgIpc) is 3.16. The van der Waals surface area contributed by atoms with E-state index in [1.54, 1.807) is 0 Å². The van der Waals surface area contributed by atoms with Gasteiger partial charge in [0.2, 0.25) is 0 Å². The molecule has 1 aromatic rings. The fourth-order valence-electron chi connectivity index (χ4n) is 4.54. The lowest BCUT2D eigenvalue weighted by Crippen LogP contribution is -2.40. The summed E-state index contributed by atoms with van der Waals surface area (Å²) >= 11 is 0. The molecule has 2 unspecified atom stereocenters. The molecule has 1 aliphatic heterocycles. The second kappa shape index (κ2) is 8.66. The van der Waals surface area contributed by atoms with E-state index in [0.29, 0.717) is 6.61 Å². The Morgan fingerprint density at radius 3 is 2.68 bits per heavy atom. The van der Waals surface area contributed by atoms with E-state index in [9.17, 15) is 4.79 Å². The Hall–Kier alpha value is -1.61. The molecule has 3 nitrogen and oxygen atoms in total. The molecule has 25 heavy (non-hydrogen) atoms. The van der Waals surface area contributed by atoms with Crippen molar-refractivity contribution >= 4 is 5.97 Å². The van der Waals surface area contributed by atoms with E-state index in [0.717, 1.165) is 32.2 Å². The predicted octanol–water partition coefficient (Wildman–Crippen LogP) is 4.55. The van der Waals surface area contributed by atoms with Gasteiger partial charge in [0.1, 0.15) is 0 Å². The number of esters is 1. The minimum absolute atomic E-state index is 0.00498. The second-order valence-electron chi connectivity index (χ2n) is 7.40. The van der Waals surface area contributed by atoms with Crippen LogP contribution >= 0.6 is 0 Å². The molecule has 2 aliphatic rings. The fourth-order valence-corrected chi connectivity index (χ4v) is 4.54. The zero-order valence-corrected chi connectivity index (χ0v) is 15.5. The van der Waals surface area contributed by atoms with E-state index in [-0.39, 0.29) is 11.9 Å². The Morgan fingerprint density at radius 1 is 1.20 bits per heavy atom. The van der Waals surface area contributed by atoms with E-state index in [1.165, 1.54) is 31.5 Å². The van der Waals surface area contributed by atoms with Crippen LogP contribution in [0.15, 0.2) is 42.5 Å². The van der Waals surface area contributed by atoms with Crippen LogP contribution in [0.1, 0.15) is 56.9 Å². The highest BCUT2D eigenvalue weighted by Crippen LogP contribution is 2.49. The highest BCUT2D eigenvalue weighted by Gasteiger charge is 2.47. The van der Waals surface area contributed by atoms with Gasteiger partial charge in [0.15, 0.2) is 0 Å². The summed E-state index contributed by atoms with van der Waals surface area (Å²) in [5.41, 5.74) is 0.854. The van der Waals surface area contributed by atoms with Crippen LogP contribution < -0.4 is 0 Å². The summed E-state index contributed by atoms with van der Waals surface area (Å²) < 4.78 is 5.57. The van der Waals surface area contributed by atoms with Gasteiger partial charge in [0, 0.05) is 5.92 Å². The quantitative estimate of drug-likeness (QED) is 0.538. The number of carbonyl (C=O) groups is 1. The number of likely N-dealkylation sites (tertiary alicyclic amines) is 1. The Kier molecular flexibility index (Phi) is 6.30. The minimum atomic E-state index is -0.411. The Balaban J connectivity index is 1.80. The molecule has 0 bridgehead atoms. The van der Waals surface area contributed by atoms with Crippen molar-refractivity contribution in [3.8, 4) is 0 Å². The summed E-state index contributed by atoms with van der Waals surface area (Å²) in [6.45, 7) is 5.90. The fraction of sp³-hybridized carbons (Fsp3) is 0.591. The van der Waals surface area contributed by atoms with Gasteiger partial charge in [0.05, 0.1) is 12.0 Å². The highest BCUT2D eigenvalue weighted by atomic mass is 16.5. The van der Waals surface area contributed by atoms with Crippen LogP contribution in [0.25, 0.3) is 0 Å². The maximum absolute atomic E-state index is 13.1. The van der Waals surface area contributed by atoms with Crippen LogP contribution in [0.3, 0.4) is 0 Å². The minimum Gasteiger partial charge on any atom is -0.466 e. The molecule has 1 aromatic carbocycles. The van der Waals surface area contributed by atoms with Gasteiger partial charge in [-0.25, -0.2) is 0 Å². The van der Waals surface area contributed by atoms with Crippen LogP contribution in [0.5, 0.6) is 0 Å². The van der Waals surface area contributed by atoms with Crippen molar-refractivity contribution in [1.29, 1.82) is 0 Å². The SMILES string of the molecule is CCOC(=O)C1(CCCN2CCCC2)CC=CCC1c1ccccc1. The normalized spacial score (nSPS) is 26.7. The van der Waals surface area contributed by atoms with Crippen molar-refractivity contribution in [2.75, 3.05) is 26.2 Å². The van der Waals surface area contributed by atoms with Crippen molar-refractivity contribution in [3.05, 3.63) is 48.0 Å². The van der Waals surface area contributed by atoms with Crippen molar-refractivity contribution in [1.82, 2.24) is 4.90 Å². The van der Waals surface area contributed by atoms with Crippen LogP contribution in [0.2, 0.25) is 0 Å². The highest BCUT2D eigenvalue weighted by molar-refractivity contribution is 5.79. The van der Waals surface area contributed by atoms with Gasteiger partial charge in [0.25, 0.3) is 0 Å². The van der Waals surface area contributed by atoms with E-state index in [4.69, 9.17) is 4.74 Å². The molecule has 136 valence electrons. The number of ether oxygens (including phenoxy) is 1. The van der Waals surface area contributed by atoms with Gasteiger partial charge in [-0.1, -0.05) is 42.5 Å². The van der Waals surface area contributed by atoms with Crippen LogP contribution in [0.4, 0.5) is 0 Å². The standard InChI is InChI=1S/C22H31NO2/c1-2-25-21(24)22(15-10-18-23-16-8-9-17-23)14-7-6-13-20(22)19-11-4-3-5-12-19/h3-7,11-12,20H,2,8-10,13-18H2,1H3. The molecule has 2 atom stereocenters. The summed E-state index contributed by atoms with van der Waals surface area (Å²) in [6.07, 6.45) is 10.7. The monoisotopic (exact) mass is 341 g/mol. The molecule has 0 aromatic heterocycles. The summed E-state index contributed by atoms with van der Waals surface area (Å²) in [5.74, 6) is 0.214. The number of hydrogen-bond acceptors (Lipinski definition) is 3. The summed E-state index contributed by atoms with van der Waals surface area (Å²) in [6, 6.07) is 10.5. The molecule has 1 aliphatic carbocycles. The Bertz CT molecular complexity index is 577. The number of carbonyl (C=O) groups excluding carboxylic acids is 1. The van der Waals surface area contributed by atoms with E-state index in [2.05, 4.69) is 41.3 Å². The maximum atomic E-state index is 13.1. The molecule has 1 saturated heterocycles. The third-order valence-electron chi connectivity index (χ3n) is 5.87. The topological polar surface area (TPSA) is 29.5 Å². The first kappa shape index (κ1) is 18.2. The van der Waals surface area contributed by atoms with E-state index < -0.39 is 5.41 Å². The van der Waals surface area contributed by atoms with Gasteiger partial charge >= 0.3 is 5.97 Å². The molecule has 0 radical (unpaired) electrons. The third kappa shape index (κ3) is 4.14. The van der Waals surface area contributed by atoms with Crippen molar-refractivity contribution in [2.24, 2.45) is 5.41 Å². The Morgan fingerprint density at radius 2 is 1.96 bits per heavy atom. The summed E-state index contributed by atoms with van der Waals surface area (Å²) in [7, 11) is 0. The molecule has 1 heterocycles. The van der Waals surface area contributed by atoms with E-state index >= 15 is 0 Å². The lowest BCUT2D eigenvalue weighted by atomic mass is 9.63. The largest absolute Gasteiger partial charge is 0.466 e. The first-order chi connectivity index (χ1) is 12.3. The summed E-state index contributed by atoms with van der Waals surface area (Å²) in [5, 5.41) is 0. The molecule has 1 fully saturated rings. The number of benzene rings is 1. The number of nitrogens with zero attached hydrogens (tertiary/aromatic N) is 1. The number of rotatable bonds is 7. The zero-order valence-electron chi connectivity index (χ0n) is 15.5. The van der Waals surface area contributed by atoms with Gasteiger partial charge in [-0.2, -0.15) is 0 Å². The van der Waals surface area contributed by atoms with Crippen molar-refractivity contribution < 1.29 is 9.53 Å². The van der Waals surface area contributed by atoms with Gasteiger partial charge in [-0.3, -0.25) is 4.79 Å². The maximum Gasteiger partial charge on any atom is 0.313 e. The molecule has 0 spiro atoms. The van der Waals surface area contributed by atoms with Crippen LogP contribution in [0, 0.1) is 5.41 Å². The lowest BCUT2D eigenvalue weighted by Gasteiger charge is -2.40. The van der Waals surface area contributed by atoms with Crippen molar-refractivity contribution in [2.45, 2.75) is 51.4 Å². The number of allylic oxidation sites excluding steroid dienone is 2. The smallest absolute Gasteiger partial charge is 0.313 e. The second-order valence-corrected chi connectivity index (χ2v) is 7.40. The molecule has 0 amide bonds. The molecule has 3 rings (SSSR count). The van der Waals surface area contributed by atoms with Gasteiger partial charge in [-0.15, -0.1) is 0 Å². The van der Waals surface area contributed by atoms with Crippen LogP contribution in [-0.4, -0.2) is 37.1 Å². The lowest BCUT2D eigenvalue weighted by molar-refractivity contribution is -0.158. The van der Waals surface area contributed by atoms with E-state index in [1.807, 2.05) is 13.0 Å². The molecule has 3 heteroatoms. The first-order valence-corrected chi connectivity index (χ1v) is 9.86. The molecule has 0 N–H and O–H groups in total. The molecular formula is C22H31NO2. The first-order valence-electron chi connectivity index (χ1n) is 9.86. The third-order valence-corrected chi connectivity index (χ3v) is 5.87. The average molecular weight is 341 g/mol. The zero-order chi connectivity index (χ0) is 17.5. The molecule has 0 saturated carbocycles. The molecular weight excluding hydrogens is 310 g/mol. The van der Waals surface area contributed by atoms with Gasteiger partial charge in [-0.05, 0) is 70.6 Å². The number of hydrogen-bond donors (Lipinski definition) is 0.